The first-order chi connectivity index (χ1) is 8.81. The molecule has 3 nitrogen and oxygen atoms in total. The second-order valence-electron chi connectivity index (χ2n) is 5.69. The van der Waals surface area contributed by atoms with E-state index < -0.39 is 0 Å². The zero-order chi connectivity index (χ0) is 12.4. The van der Waals surface area contributed by atoms with E-state index in [2.05, 4.69) is 40.6 Å². The molecule has 2 atom stereocenters. The van der Waals surface area contributed by atoms with Gasteiger partial charge in [-0.05, 0) is 42.9 Å². The van der Waals surface area contributed by atoms with Crippen LogP contribution in [0.3, 0.4) is 0 Å². The van der Waals surface area contributed by atoms with Gasteiger partial charge in [0.15, 0.2) is 0 Å². The molecule has 3 heteroatoms. The Labute approximate surface area is 108 Å². The van der Waals surface area contributed by atoms with E-state index in [-0.39, 0.29) is 0 Å². The van der Waals surface area contributed by atoms with E-state index in [1.807, 2.05) is 6.20 Å². The molecule has 0 aliphatic heterocycles. The Morgan fingerprint density at radius 2 is 2.33 bits per heavy atom. The lowest BCUT2D eigenvalue weighted by Crippen LogP contribution is -2.20. The summed E-state index contributed by atoms with van der Waals surface area (Å²) in [5.41, 5.74) is 2.31. The summed E-state index contributed by atoms with van der Waals surface area (Å²) < 4.78 is 0. The van der Waals surface area contributed by atoms with E-state index in [1.165, 1.54) is 36.8 Å². The standard InChI is InChI=1S/C15H21N3/c1-11-3-2-4-12(7-11)9-16-14-6-5-13-10-17-18-15(13)8-14/h5-6,8,10-12,16H,2-4,7,9H2,1H3,(H,17,18). The first-order valence-electron chi connectivity index (χ1n) is 6.98. The van der Waals surface area contributed by atoms with Crippen LogP contribution in [0.1, 0.15) is 32.6 Å². The number of aromatic nitrogens is 2. The summed E-state index contributed by atoms with van der Waals surface area (Å²) in [5.74, 6) is 1.74. The fraction of sp³-hybridized carbons (Fsp3) is 0.533. The monoisotopic (exact) mass is 243 g/mol. The largest absolute Gasteiger partial charge is 0.385 e. The number of fused-ring (bicyclic) bond motifs is 1. The van der Waals surface area contributed by atoms with Crippen molar-refractivity contribution in [1.82, 2.24) is 10.2 Å². The van der Waals surface area contributed by atoms with Crippen molar-refractivity contribution in [3.8, 4) is 0 Å². The SMILES string of the molecule is CC1CCCC(CNc2ccc3cn[nH]c3c2)C1. The minimum atomic E-state index is 0.839. The van der Waals surface area contributed by atoms with Gasteiger partial charge in [-0.25, -0.2) is 0 Å². The number of nitrogens with zero attached hydrogens (tertiary/aromatic N) is 1. The van der Waals surface area contributed by atoms with Gasteiger partial charge in [0.25, 0.3) is 0 Å². The van der Waals surface area contributed by atoms with Crippen molar-refractivity contribution in [3.63, 3.8) is 0 Å². The number of hydrogen-bond donors (Lipinski definition) is 2. The maximum Gasteiger partial charge on any atom is 0.0670 e. The molecule has 1 saturated carbocycles. The van der Waals surface area contributed by atoms with Gasteiger partial charge < -0.3 is 5.32 Å². The van der Waals surface area contributed by atoms with Crippen LogP contribution >= 0.6 is 0 Å². The lowest BCUT2D eigenvalue weighted by Gasteiger charge is -2.27. The average molecular weight is 243 g/mol. The first kappa shape index (κ1) is 11.6. The van der Waals surface area contributed by atoms with Gasteiger partial charge in [0.1, 0.15) is 0 Å². The zero-order valence-corrected chi connectivity index (χ0v) is 10.9. The fourth-order valence-electron chi connectivity index (χ4n) is 3.05. The van der Waals surface area contributed by atoms with E-state index >= 15 is 0 Å². The highest BCUT2D eigenvalue weighted by molar-refractivity contribution is 5.81. The normalized spacial score (nSPS) is 24.3. The van der Waals surface area contributed by atoms with E-state index in [9.17, 15) is 0 Å². The topological polar surface area (TPSA) is 40.7 Å². The first-order valence-corrected chi connectivity index (χ1v) is 6.98. The van der Waals surface area contributed by atoms with Gasteiger partial charge in [0.05, 0.1) is 11.7 Å². The van der Waals surface area contributed by atoms with Gasteiger partial charge in [-0.2, -0.15) is 5.10 Å². The summed E-state index contributed by atoms with van der Waals surface area (Å²) in [7, 11) is 0. The Balaban J connectivity index is 1.61. The number of nitrogens with one attached hydrogen (secondary N) is 2. The Morgan fingerprint density at radius 3 is 3.22 bits per heavy atom. The van der Waals surface area contributed by atoms with Crippen LogP contribution in [0.15, 0.2) is 24.4 Å². The third-order valence-corrected chi connectivity index (χ3v) is 4.08. The Morgan fingerprint density at radius 1 is 1.39 bits per heavy atom. The third-order valence-electron chi connectivity index (χ3n) is 4.08. The molecule has 96 valence electrons. The molecule has 2 unspecified atom stereocenters. The van der Waals surface area contributed by atoms with Crippen molar-refractivity contribution >= 4 is 16.6 Å². The molecule has 2 aromatic rings. The van der Waals surface area contributed by atoms with Crippen molar-refractivity contribution in [2.75, 3.05) is 11.9 Å². The van der Waals surface area contributed by atoms with Gasteiger partial charge in [0.2, 0.25) is 0 Å². The molecule has 2 N–H and O–H groups in total. The summed E-state index contributed by atoms with van der Waals surface area (Å²) in [4.78, 5) is 0. The van der Waals surface area contributed by atoms with Gasteiger partial charge in [0, 0.05) is 17.6 Å². The highest BCUT2D eigenvalue weighted by Crippen LogP contribution is 2.28. The molecule has 1 aliphatic carbocycles. The summed E-state index contributed by atoms with van der Waals surface area (Å²) in [6, 6.07) is 6.41. The Kier molecular flexibility index (Phi) is 3.22. The van der Waals surface area contributed by atoms with Crippen molar-refractivity contribution in [2.45, 2.75) is 32.6 Å². The lowest BCUT2D eigenvalue weighted by molar-refractivity contribution is 0.293. The number of aromatic amines is 1. The highest BCUT2D eigenvalue weighted by Gasteiger charge is 2.18. The van der Waals surface area contributed by atoms with E-state index in [0.717, 1.165) is 23.9 Å². The Hall–Kier alpha value is -1.51. The molecule has 0 bridgehead atoms. The van der Waals surface area contributed by atoms with Crippen LogP contribution in [0.2, 0.25) is 0 Å². The minimum Gasteiger partial charge on any atom is -0.385 e. The van der Waals surface area contributed by atoms with Crippen molar-refractivity contribution in [1.29, 1.82) is 0 Å². The van der Waals surface area contributed by atoms with Gasteiger partial charge in [-0.15, -0.1) is 0 Å². The molecule has 1 fully saturated rings. The molecule has 0 radical (unpaired) electrons. The van der Waals surface area contributed by atoms with Gasteiger partial charge in [-0.3, -0.25) is 5.10 Å². The van der Waals surface area contributed by atoms with Crippen molar-refractivity contribution in [3.05, 3.63) is 24.4 Å². The zero-order valence-electron chi connectivity index (χ0n) is 10.9. The molecule has 0 amide bonds. The summed E-state index contributed by atoms with van der Waals surface area (Å²) in [5, 5.41) is 11.8. The minimum absolute atomic E-state index is 0.839. The number of H-pyrrole nitrogens is 1. The molecule has 1 aliphatic rings. The van der Waals surface area contributed by atoms with Crippen LogP contribution in [0.4, 0.5) is 5.69 Å². The average Bonchev–Trinajstić information content (AvgIpc) is 2.84. The summed E-state index contributed by atoms with van der Waals surface area (Å²) >= 11 is 0. The predicted molar refractivity (Wildman–Crippen MR) is 75.7 cm³/mol. The molecule has 1 heterocycles. The number of rotatable bonds is 3. The molecule has 0 saturated heterocycles. The number of hydrogen-bond acceptors (Lipinski definition) is 2. The lowest BCUT2D eigenvalue weighted by atomic mass is 9.82. The molecule has 1 aromatic heterocycles. The summed E-state index contributed by atoms with van der Waals surface area (Å²) in [6.45, 7) is 3.48. The summed E-state index contributed by atoms with van der Waals surface area (Å²) in [6.07, 6.45) is 7.43. The second kappa shape index (κ2) is 5.01. The van der Waals surface area contributed by atoms with Crippen LogP contribution in [0.25, 0.3) is 10.9 Å². The fourth-order valence-corrected chi connectivity index (χ4v) is 3.05. The maximum atomic E-state index is 4.05. The van der Waals surface area contributed by atoms with Gasteiger partial charge in [-0.1, -0.05) is 19.8 Å². The molecule has 3 rings (SSSR count). The highest BCUT2D eigenvalue weighted by atomic mass is 15.1. The van der Waals surface area contributed by atoms with Crippen LogP contribution < -0.4 is 5.32 Å². The van der Waals surface area contributed by atoms with Gasteiger partial charge >= 0.3 is 0 Å². The number of benzene rings is 1. The predicted octanol–water partition coefficient (Wildman–Crippen LogP) is 3.80. The Bertz CT molecular complexity index is 517. The van der Waals surface area contributed by atoms with E-state index in [1.54, 1.807) is 0 Å². The van der Waals surface area contributed by atoms with E-state index in [4.69, 9.17) is 0 Å². The third kappa shape index (κ3) is 2.50. The van der Waals surface area contributed by atoms with Crippen molar-refractivity contribution < 1.29 is 0 Å². The molecule has 0 spiro atoms. The quantitative estimate of drug-likeness (QED) is 0.860. The van der Waals surface area contributed by atoms with Crippen LogP contribution in [-0.2, 0) is 0 Å². The maximum absolute atomic E-state index is 4.05. The molecule has 1 aromatic carbocycles. The van der Waals surface area contributed by atoms with Crippen LogP contribution in [0.5, 0.6) is 0 Å². The molecular weight excluding hydrogens is 222 g/mol. The number of anilines is 1. The van der Waals surface area contributed by atoms with Crippen LogP contribution in [-0.4, -0.2) is 16.7 Å². The molecular formula is C15H21N3. The van der Waals surface area contributed by atoms with E-state index in [0.29, 0.717) is 0 Å². The molecule has 18 heavy (non-hydrogen) atoms. The van der Waals surface area contributed by atoms with Crippen molar-refractivity contribution in [2.24, 2.45) is 11.8 Å². The smallest absolute Gasteiger partial charge is 0.0670 e. The second-order valence-corrected chi connectivity index (χ2v) is 5.69. The van der Waals surface area contributed by atoms with Crippen LogP contribution in [0, 0.1) is 11.8 Å².